The smallest absolute Gasteiger partial charge is 0.251 e. The molecule has 0 bridgehead atoms. The predicted molar refractivity (Wildman–Crippen MR) is 102 cm³/mol. The van der Waals surface area contributed by atoms with Gasteiger partial charge in [0.2, 0.25) is 5.91 Å². The van der Waals surface area contributed by atoms with Crippen molar-refractivity contribution >= 4 is 35.1 Å². The SMILES string of the molecule is CC(C)SCc1cc(=O)[nH]c(SC(C)C(=O)Nc2ccc(F)cc2F)n1. The van der Waals surface area contributed by atoms with E-state index in [1.807, 2.05) is 0 Å². The zero-order valence-corrected chi connectivity index (χ0v) is 16.1. The molecular formula is C17H19F2N3O2S2. The van der Waals surface area contributed by atoms with Crippen molar-refractivity contribution in [1.82, 2.24) is 9.97 Å². The average molecular weight is 399 g/mol. The zero-order valence-electron chi connectivity index (χ0n) is 14.5. The lowest BCUT2D eigenvalue weighted by molar-refractivity contribution is -0.115. The molecule has 1 heterocycles. The van der Waals surface area contributed by atoms with Crippen molar-refractivity contribution in [2.24, 2.45) is 0 Å². The first kappa shape index (κ1) is 20.4. The zero-order chi connectivity index (χ0) is 19.3. The monoisotopic (exact) mass is 399 g/mol. The van der Waals surface area contributed by atoms with Crippen molar-refractivity contribution in [1.29, 1.82) is 0 Å². The van der Waals surface area contributed by atoms with Gasteiger partial charge >= 0.3 is 0 Å². The lowest BCUT2D eigenvalue weighted by atomic mass is 10.3. The van der Waals surface area contributed by atoms with Gasteiger partial charge in [-0.1, -0.05) is 25.6 Å². The number of aromatic amines is 1. The molecule has 0 fully saturated rings. The normalized spacial score (nSPS) is 12.2. The fourth-order valence-electron chi connectivity index (χ4n) is 1.91. The molecule has 0 spiro atoms. The van der Waals surface area contributed by atoms with Crippen LogP contribution < -0.4 is 10.9 Å². The molecule has 9 heteroatoms. The van der Waals surface area contributed by atoms with Gasteiger partial charge in [0.05, 0.1) is 16.6 Å². The molecule has 5 nitrogen and oxygen atoms in total. The van der Waals surface area contributed by atoms with E-state index in [0.717, 1.165) is 23.9 Å². The van der Waals surface area contributed by atoms with Crippen molar-refractivity contribution in [3.8, 4) is 0 Å². The van der Waals surface area contributed by atoms with Crippen LogP contribution in [0.3, 0.4) is 0 Å². The van der Waals surface area contributed by atoms with E-state index in [2.05, 4.69) is 29.1 Å². The van der Waals surface area contributed by atoms with Gasteiger partial charge in [-0.05, 0) is 24.3 Å². The third kappa shape index (κ3) is 6.14. The summed E-state index contributed by atoms with van der Waals surface area (Å²) in [6.07, 6.45) is 0. The minimum Gasteiger partial charge on any atom is -0.323 e. The van der Waals surface area contributed by atoms with Crippen LogP contribution in [0.4, 0.5) is 14.5 Å². The minimum atomic E-state index is -0.852. The molecule has 1 unspecified atom stereocenters. The molecule has 0 aliphatic rings. The van der Waals surface area contributed by atoms with Gasteiger partial charge in [-0.2, -0.15) is 11.8 Å². The van der Waals surface area contributed by atoms with E-state index in [9.17, 15) is 18.4 Å². The number of hydrogen-bond acceptors (Lipinski definition) is 5. The van der Waals surface area contributed by atoms with E-state index in [-0.39, 0.29) is 11.2 Å². The largest absolute Gasteiger partial charge is 0.323 e. The van der Waals surface area contributed by atoms with Crippen LogP contribution in [-0.4, -0.2) is 26.4 Å². The fraction of sp³-hybridized carbons (Fsp3) is 0.353. The molecule has 2 rings (SSSR count). The van der Waals surface area contributed by atoms with Gasteiger partial charge in [-0.15, -0.1) is 0 Å². The number of carbonyl (C=O) groups is 1. The molecule has 26 heavy (non-hydrogen) atoms. The number of carbonyl (C=O) groups excluding carboxylic acids is 1. The number of benzene rings is 1. The van der Waals surface area contributed by atoms with Crippen molar-refractivity contribution in [3.05, 3.63) is 51.9 Å². The molecular weight excluding hydrogens is 380 g/mol. The van der Waals surface area contributed by atoms with E-state index in [0.29, 0.717) is 27.9 Å². The van der Waals surface area contributed by atoms with Gasteiger partial charge in [-0.25, -0.2) is 13.8 Å². The molecule has 1 amide bonds. The van der Waals surface area contributed by atoms with E-state index in [1.165, 1.54) is 6.07 Å². The Morgan fingerprint density at radius 1 is 1.27 bits per heavy atom. The minimum absolute atomic E-state index is 0.104. The number of anilines is 1. The lowest BCUT2D eigenvalue weighted by Gasteiger charge is -2.12. The van der Waals surface area contributed by atoms with Gasteiger partial charge in [0.15, 0.2) is 5.16 Å². The summed E-state index contributed by atoms with van der Waals surface area (Å²) in [4.78, 5) is 30.9. The van der Waals surface area contributed by atoms with Crippen molar-refractivity contribution < 1.29 is 13.6 Å². The van der Waals surface area contributed by atoms with Crippen LogP contribution >= 0.6 is 23.5 Å². The second kappa shape index (κ2) is 9.18. The Labute approximate surface area is 158 Å². The topological polar surface area (TPSA) is 74.8 Å². The summed E-state index contributed by atoms with van der Waals surface area (Å²) in [6.45, 7) is 5.71. The summed E-state index contributed by atoms with van der Waals surface area (Å²) in [5.74, 6) is -1.46. The van der Waals surface area contributed by atoms with Gasteiger partial charge < -0.3 is 10.3 Å². The van der Waals surface area contributed by atoms with Crippen LogP contribution in [-0.2, 0) is 10.5 Å². The number of thioether (sulfide) groups is 2. The number of amides is 1. The Balaban J connectivity index is 2.05. The summed E-state index contributed by atoms with van der Waals surface area (Å²) in [6, 6.07) is 4.34. The molecule has 0 saturated heterocycles. The summed E-state index contributed by atoms with van der Waals surface area (Å²) in [7, 11) is 0. The van der Waals surface area contributed by atoms with Gasteiger partial charge in [0, 0.05) is 17.9 Å². The number of H-pyrrole nitrogens is 1. The number of nitrogens with zero attached hydrogens (tertiary/aromatic N) is 1. The van der Waals surface area contributed by atoms with Crippen molar-refractivity contribution in [2.45, 2.75) is 42.2 Å². The average Bonchev–Trinajstić information content (AvgIpc) is 2.55. The maximum Gasteiger partial charge on any atom is 0.251 e. The Bertz CT molecular complexity index is 843. The Kier molecular flexibility index (Phi) is 7.22. The third-order valence-corrected chi connectivity index (χ3v) is 5.30. The highest BCUT2D eigenvalue weighted by molar-refractivity contribution is 8.00. The highest BCUT2D eigenvalue weighted by Crippen LogP contribution is 2.23. The van der Waals surface area contributed by atoms with Gasteiger partial charge in [-0.3, -0.25) is 9.59 Å². The van der Waals surface area contributed by atoms with Crippen LogP contribution in [0.5, 0.6) is 0 Å². The standard InChI is InChI=1S/C17H19F2N3O2S2/c1-9(2)25-8-12-7-15(23)22-17(20-12)26-10(3)16(24)21-14-5-4-11(18)6-13(14)19/h4-7,9-10H,8H2,1-3H3,(H,21,24)(H,20,22,23). The quantitative estimate of drug-likeness (QED) is 0.547. The van der Waals surface area contributed by atoms with Crippen LogP contribution in [0.1, 0.15) is 26.5 Å². The van der Waals surface area contributed by atoms with E-state index in [4.69, 9.17) is 0 Å². The van der Waals surface area contributed by atoms with Gasteiger partial charge in [0.25, 0.3) is 5.56 Å². The Morgan fingerprint density at radius 3 is 2.65 bits per heavy atom. The van der Waals surface area contributed by atoms with Crippen LogP contribution in [0, 0.1) is 11.6 Å². The highest BCUT2D eigenvalue weighted by atomic mass is 32.2. The molecule has 0 aliphatic carbocycles. The molecule has 0 aliphatic heterocycles. The number of halogens is 2. The summed E-state index contributed by atoms with van der Waals surface area (Å²) < 4.78 is 26.6. The van der Waals surface area contributed by atoms with Gasteiger partial charge in [0.1, 0.15) is 11.6 Å². The summed E-state index contributed by atoms with van der Waals surface area (Å²) >= 11 is 2.71. The number of hydrogen-bond donors (Lipinski definition) is 2. The third-order valence-electron chi connectivity index (χ3n) is 3.18. The molecule has 1 aromatic carbocycles. The summed E-state index contributed by atoms with van der Waals surface area (Å²) in [5.41, 5.74) is 0.235. The van der Waals surface area contributed by atoms with Crippen molar-refractivity contribution in [3.63, 3.8) is 0 Å². The molecule has 1 atom stereocenters. The second-order valence-corrected chi connectivity index (χ2v) is 8.67. The predicted octanol–water partition coefficient (Wildman–Crippen LogP) is 3.81. The van der Waals surface area contributed by atoms with Crippen LogP contribution in [0.25, 0.3) is 0 Å². The van der Waals surface area contributed by atoms with Crippen LogP contribution in [0.2, 0.25) is 0 Å². The number of aromatic nitrogens is 2. The van der Waals surface area contributed by atoms with E-state index in [1.54, 1.807) is 18.7 Å². The molecule has 2 N–H and O–H groups in total. The fourth-order valence-corrected chi connectivity index (χ4v) is 3.39. The molecule has 0 saturated carbocycles. The second-order valence-electron chi connectivity index (χ2n) is 5.78. The van der Waals surface area contributed by atoms with Crippen LogP contribution in [0.15, 0.2) is 34.2 Å². The highest BCUT2D eigenvalue weighted by Gasteiger charge is 2.18. The molecule has 2 aromatic rings. The molecule has 0 radical (unpaired) electrons. The van der Waals surface area contributed by atoms with E-state index >= 15 is 0 Å². The van der Waals surface area contributed by atoms with Crippen molar-refractivity contribution in [2.75, 3.05) is 5.32 Å². The molecule has 1 aromatic heterocycles. The summed E-state index contributed by atoms with van der Waals surface area (Å²) in [5, 5.41) is 2.48. The number of nitrogens with one attached hydrogen (secondary N) is 2. The Morgan fingerprint density at radius 2 is 2.00 bits per heavy atom. The first-order valence-corrected chi connectivity index (χ1v) is 9.82. The first-order valence-electron chi connectivity index (χ1n) is 7.89. The maximum absolute atomic E-state index is 13.6. The van der Waals surface area contributed by atoms with E-state index < -0.39 is 22.8 Å². The maximum atomic E-state index is 13.6. The first-order chi connectivity index (χ1) is 12.2. The molecule has 140 valence electrons. The Hall–Kier alpha value is -1.87. The number of rotatable bonds is 7. The lowest BCUT2D eigenvalue weighted by Crippen LogP contribution is -2.24.